The fourth-order valence-corrected chi connectivity index (χ4v) is 6.05. The van der Waals surface area contributed by atoms with Crippen molar-refractivity contribution in [1.82, 2.24) is 0 Å². The molecule has 8 aromatic rings. The quantitative estimate of drug-likeness (QED) is 0.174. The van der Waals surface area contributed by atoms with Gasteiger partial charge in [-0.05, 0) is 80.0 Å². The molecule has 47 heavy (non-hydrogen) atoms. The van der Waals surface area contributed by atoms with Gasteiger partial charge in [0.05, 0.1) is 18.0 Å². The summed E-state index contributed by atoms with van der Waals surface area (Å²) >= 11 is 0. The number of fused-ring (bicyclic) bond motifs is 1. The van der Waals surface area contributed by atoms with Crippen molar-refractivity contribution in [3.05, 3.63) is 200 Å². The van der Waals surface area contributed by atoms with E-state index in [9.17, 15) is 5.48 Å². The Labute approximate surface area is 289 Å². The van der Waals surface area contributed by atoms with E-state index in [1.165, 1.54) is 0 Å². The summed E-state index contributed by atoms with van der Waals surface area (Å²) in [5, 5.41) is 2.23. The summed E-state index contributed by atoms with van der Waals surface area (Å²) < 4.78 is 78.9. The molecule has 0 N–H and O–H groups in total. The van der Waals surface area contributed by atoms with E-state index < -0.39 is 54.4 Å². The second kappa shape index (κ2) is 12.7. The average Bonchev–Trinajstić information content (AvgIpc) is 3.24. The molecule has 8 rings (SSSR count). The first-order chi connectivity index (χ1) is 27.1. The molecule has 0 heterocycles. The van der Waals surface area contributed by atoms with E-state index in [2.05, 4.69) is 36.4 Å². The number of para-hydroxylation sites is 1. The maximum Gasteiger partial charge on any atom is 0.0645 e. The topological polar surface area (TPSA) is 3.24 Å². The third-order valence-electron chi connectivity index (χ3n) is 8.24. The van der Waals surface area contributed by atoms with Gasteiger partial charge in [-0.1, -0.05) is 170 Å². The minimum Gasteiger partial charge on any atom is -0.310 e. The summed E-state index contributed by atoms with van der Waals surface area (Å²) in [6.45, 7) is 0. The van der Waals surface area contributed by atoms with Crippen molar-refractivity contribution in [3.63, 3.8) is 0 Å². The van der Waals surface area contributed by atoms with Crippen LogP contribution >= 0.6 is 0 Å². The standard InChI is InChI=1S/C46H33N/c1-4-14-34(15-5-1)35-24-29-40(30-25-35)47(45-23-13-12-21-42(45)36-16-6-2-7-17-36)41-31-26-38(27-32-41)44-33-28-37-18-10-11-22-43(37)46(44)39-19-8-3-9-20-39/h1-33H/i1D,4D,5D,14D,15D,24D,25D,29D,30D. The highest BCUT2D eigenvalue weighted by Gasteiger charge is 2.18. The van der Waals surface area contributed by atoms with Gasteiger partial charge >= 0.3 is 0 Å². The zero-order chi connectivity index (χ0) is 39.2. The summed E-state index contributed by atoms with van der Waals surface area (Å²) in [5.41, 5.74) is 6.13. The van der Waals surface area contributed by atoms with Gasteiger partial charge in [-0.2, -0.15) is 0 Å². The molecule has 0 saturated carbocycles. The molecule has 222 valence electrons. The van der Waals surface area contributed by atoms with Crippen molar-refractivity contribution in [2.45, 2.75) is 0 Å². The number of benzene rings is 8. The van der Waals surface area contributed by atoms with Crippen molar-refractivity contribution >= 4 is 27.8 Å². The highest BCUT2D eigenvalue weighted by Crippen LogP contribution is 2.43. The summed E-state index contributed by atoms with van der Waals surface area (Å²) in [7, 11) is 0. The van der Waals surface area contributed by atoms with Gasteiger partial charge in [0.1, 0.15) is 0 Å². The van der Waals surface area contributed by atoms with E-state index in [1.54, 1.807) is 4.90 Å². The number of anilines is 3. The summed E-state index contributed by atoms with van der Waals surface area (Å²) in [4.78, 5) is 1.71. The van der Waals surface area contributed by atoms with Gasteiger partial charge in [0, 0.05) is 16.9 Å². The highest BCUT2D eigenvalue weighted by atomic mass is 15.1. The number of hydrogen-bond donors (Lipinski definition) is 0. The Kier molecular flexibility index (Phi) is 5.40. The Morgan fingerprint density at radius 1 is 0.362 bits per heavy atom. The number of nitrogens with zero attached hydrogens (tertiary/aromatic N) is 1. The minimum absolute atomic E-state index is 0.0528. The highest BCUT2D eigenvalue weighted by molar-refractivity contribution is 6.04. The fourth-order valence-electron chi connectivity index (χ4n) is 6.05. The Morgan fingerprint density at radius 3 is 1.70 bits per heavy atom. The molecule has 8 aromatic carbocycles. The van der Waals surface area contributed by atoms with Crippen molar-refractivity contribution in [3.8, 4) is 44.5 Å². The van der Waals surface area contributed by atoms with Gasteiger partial charge in [-0.25, -0.2) is 0 Å². The van der Waals surface area contributed by atoms with E-state index in [1.807, 2.05) is 109 Å². The van der Waals surface area contributed by atoms with Gasteiger partial charge in [-0.3, -0.25) is 0 Å². The molecule has 0 aromatic heterocycles. The molecule has 0 spiro atoms. The predicted molar refractivity (Wildman–Crippen MR) is 200 cm³/mol. The summed E-state index contributed by atoms with van der Waals surface area (Å²) in [5.74, 6) is 0. The van der Waals surface area contributed by atoms with E-state index in [0.29, 0.717) is 11.4 Å². The third-order valence-corrected chi connectivity index (χ3v) is 8.24. The second-order valence-corrected chi connectivity index (χ2v) is 11.1. The van der Waals surface area contributed by atoms with E-state index in [0.717, 1.165) is 44.2 Å². The molecule has 0 amide bonds. The third kappa shape index (κ3) is 5.60. The average molecular weight is 609 g/mol. The summed E-state index contributed by atoms with van der Waals surface area (Å²) in [6, 6.07) is 42.7. The van der Waals surface area contributed by atoms with Gasteiger partial charge in [0.2, 0.25) is 0 Å². The Bertz CT molecular complexity index is 2730. The van der Waals surface area contributed by atoms with Crippen molar-refractivity contribution < 1.29 is 12.3 Å². The first-order valence-corrected chi connectivity index (χ1v) is 15.4. The Balaban J connectivity index is 1.36. The Morgan fingerprint density at radius 2 is 0.957 bits per heavy atom. The van der Waals surface area contributed by atoms with Crippen LogP contribution in [-0.4, -0.2) is 0 Å². The van der Waals surface area contributed by atoms with Crippen LogP contribution in [0.1, 0.15) is 12.3 Å². The van der Waals surface area contributed by atoms with Gasteiger partial charge < -0.3 is 4.90 Å². The maximum absolute atomic E-state index is 9.41. The second-order valence-electron chi connectivity index (χ2n) is 11.1. The lowest BCUT2D eigenvalue weighted by Gasteiger charge is -2.28. The molecule has 1 nitrogen and oxygen atoms in total. The smallest absolute Gasteiger partial charge is 0.0645 e. The van der Waals surface area contributed by atoms with Gasteiger partial charge in [-0.15, -0.1) is 0 Å². The van der Waals surface area contributed by atoms with E-state index >= 15 is 0 Å². The van der Waals surface area contributed by atoms with Gasteiger partial charge in [0.15, 0.2) is 0 Å². The molecule has 0 aliphatic rings. The molecular weight excluding hydrogens is 567 g/mol. The molecule has 0 aliphatic heterocycles. The first kappa shape index (κ1) is 20.0. The lowest BCUT2D eigenvalue weighted by molar-refractivity contribution is 1.28. The van der Waals surface area contributed by atoms with Crippen molar-refractivity contribution in [2.75, 3.05) is 4.90 Å². The van der Waals surface area contributed by atoms with Crippen LogP contribution < -0.4 is 4.90 Å². The van der Waals surface area contributed by atoms with Crippen LogP contribution in [0.25, 0.3) is 55.3 Å². The van der Waals surface area contributed by atoms with Crippen molar-refractivity contribution in [1.29, 1.82) is 0 Å². The lowest BCUT2D eigenvalue weighted by Crippen LogP contribution is -2.11. The molecule has 0 saturated heterocycles. The Hall–Kier alpha value is -6.18. The van der Waals surface area contributed by atoms with E-state index in [-0.39, 0.29) is 16.8 Å². The molecule has 0 unspecified atom stereocenters. The lowest BCUT2D eigenvalue weighted by atomic mass is 9.89. The van der Waals surface area contributed by atoms with Crippen LogP contribution in [-0.2, 0) is 0 Å². The maximum atomic E-state index is 9.41. The zero-order valence-corrected chi connectivity index (χ0v) is 25.3. The monoisotopic (exact) mass is 608 g/mol. The van der Waals surface area contributed by atoms with Crippen molar-refractivity contribution in [2.24, 2.45) is 0 Å². The first-order valence-electron chi connectivity index (χ1n) is 19.9. The van der Waals surface area contributed by atoms with Crippen LogP contribution in [0.4, 0.5) is 17.1 Å². The van der Waals surface area contributed by atoms with Crippen LogP contribution in [0.5, 0.6) is 0 Å². The van der Waals surface area contributed by atoms with Crippen LogP contribution in [0.3, 0.4) is 0 Å². The van der Waals surface area contributed by atoms with Crippen LogP contribution in [0.2, 0.25) is 0 Å². The molecule has 0 radical (unpaired) electrons. The fraction of sp³-hybridized carbons (Fsp3) is 0. The number of rotatable bonds is 7. The molecule has 0 atom stereocenters. The van der Waals surface area contributed by atoms with Gasteiger partial charge in [0.25, 0.3) is 0 Å². The minimum atomic E-state index is -0.623. The predicted octanol–water partition coefficient (Wildman–Crippen LogP) is 13.0. The molecule has 0 aliphatic carbocycles. The number of hydrogen-bond acceptors (Lipinski definition) is 1. The van der Waals surface area contributed by atoms with Crippen LogP contribution in [0.15, 0.2) is 200 Å². The molecule has 0 fully saturated rings. The van der Waals surface area contributed by atoms with Crippen LogP contribution in [0, 0.1) is 0 Å². The normalized spacial score (nSPS) is 13.7. The molecule has 1 heteroatoms. The summed E-state index contributed by atoms with van der Waals surface area (Å²) in [6.07, 6.45) is 0. The zero-order valence-electron chi connectivity index (χ0n) is 34.3. The largest absolute Gasteiger partial charge is 0.310 e. The SMILES string of the molecule is [2H]c1c([2H])c([2H])c(-c2c([2H])c([2H])c(N(c3ccc(-c4ccc5ccccc5c4-c4ccccc4)cc3)c3ccccc3-c3ccccc3)c([2H])c2[2H])c([2H])c1[2H]. The van der Waals surface area contributed by atoms with E-state index in [4.69, 9.17) is 6.85 Å². The molecular formula is C46H33N. The molecule has 0 bridgehead atoms.